The van der Waals surface area contributed by atoms with E-state index in [-0.39, 0.29) is 5.91 Å². The molecule has 0 spiro atoms. The van der Waals surface area contributed by atoms with Gasteiger partial charge in [0.05, 0.1) is 0 Å². The summed E-state index contributed by atoms with van der Waals surface area (Å²) in [5.74, 6) is -0.278. The van der Waals surface area contributed by atoms with Gasteiger partial charge < -0.3 is 11.1 Å². The second kappa shape index (κ2) is 5.13. The smallest absolute Gasteiger partial charge is 0.217 e. The lowest BCUT2D eigenvalue weighted by atomic mass is 10.3. The van der Waals surface area contributed by atoms with Crippen LogP contribution in [0.2, 0.25) is 0 Å². The molecule has 0 aromatic carbocycles. The van der Waals surface area contributed by atoms with Crippen molar-refractivity contribution in [1.82, 2.24) is 10.2 Å². The van der Waals surface area contributed by atoms with Crippen LogP contribution in [0.3, 0.4) is 0 Å². The summed E-state index contributed by atoms with van der Waals surface area (Å²) in [5, 5.41) is 11.4. The Morgan fingerprint density at radius 3 is 2.92 bits per heavy atom. The Balaban J connectivity index is 2.16. The second-order valence-electron chi connectivity index (χ2n) is 2.36. The van der Waals surface area contributed by atoms with Crippen LogP contribution in [-0.4, -0.2) is 22.6 Å². The molecule has 1 aromatic rings. The normalized spacial score (nSPS) is 9.92. The predicted octanol–water partition coefficient (Wildman–Crippen LogP) is 0.978. The van der Waals surface area contributed by atoms with Crippen molar-refractivity contribution in [2.24, 2.45) is 5.73 Å². The van der Waals surface area contributed by atoms with E-state index in [2.05, 4.69) is 31.4 Å². The first-order valence-electron chi connectivity index (χ1n) is 3.69. The van der Waals surface area contributed by atoms with Gasteiger partial charge in [0, 0.05) is 13.0 Å². The number of nitrogens with one attached hydrogen (secondary N) is 1. The Morgan fingerprint density at radius 2 is 2.38 bits per heavy atom. The van der Waals surface area contributed by atoms with Crippen LogP contribution in [0.15, 0.2) is 3.92 Å². The summed E-state index contributed by atoms with van der Waals surface area (Å²) >= 11 is 4.61. The number of primary amides is 1. The van der Waals surface area contributed by atoms with E-state index in [0.29, 0.717) is 19.4 Å². The highest BCUT2D eigenvalue weighted by molar-refractivity contribution is 9.11. The molecule has 1 amide bonds. The summed E-state index contributed by atoms with van der Waals surface area (Å²) in [6.45, 7) is 0.685. The molecule has 0 atom stereocenters. The fourth-order valence-corrected chi connectivity index (χ4v) is 1.77. The van der Waals surface area contributed by atoms with E-state index in [1.54, 1.807) is 0 Å². The van der Waals surface area contributed by atoms with Crippen molar-refractivity contribution in [3.63, 3.8) is 0 Å². The molecule has 3 N–H and O–H groups in total. The van der Waals surface area contributed by atoms with Gasteiger partial charge in [-0.15, -0.1) is 10.2 Å². The van der Waals surface area contributed by atoms with Gasteiger partial charge in [-0.2, -0.15) is 0 Å². The molecule has 0 aliphatic heterocycles. The largest absolute Gasteiger partial charge is 0.370 e. The van der Waals surface area contributed by atoms with Crippen LogP contribution < -0.4 is 11.1 Å². The lowest BCUT2D eigenvalue weighted by molar-refractivity contribution is -0.118. The van der Waals surface area contributed by atoms with E-state index in [0.717, 1.165) is 9.05 Å². The number of hydrogen-bond acceptors (Lipinski definition) is 5. The van der Waals surface area contributed by atoms with E-state index in [4.69, 9.17) is 5.73 Å². The molecule has 1 heterocycles. The summed E-state index contributed by atoms with van der Waals surface area (Å²) in [4.78, 5) is 10.4. The Bertz CT molecular complexity index is 290. The third-order valence-corrected chi connectivity index (χ3v) is 2.59. The molecule has 13 heavy (non-hydrogen) atoms. The summed E-state index contributed by atoms with van der Waals surface area (Å²) in [7, 11) is 0. The van der Waals surface area contributed by atoms with Crippen molar-refractivity contribution >= 4 is 38.3 Å². The maximum absolute atomic E-state index is 10.4. The second-order valence-corrected chi connectivity index (χ2v) is 4.61. The number of rotatable bonds is 5. The minimum Gasteiger partial charge on any atom is -0.370 e. The van der Waals surface area contributed by atoms with Crippen molar-refractivity contribution in [1.29, 1.82) is 0 Å². The minimum absolute atomic E-state index is 0.278. The Labute approximate surface area is 87.9 Å². The molecule has 1 rings (SSSR count). The van der Waals surface area contributed by atoms with Gasteiger partial charge >= 0.3 is 0 Å². The number of anilines is 1. The molecule has 0 saturated heterocycles. The van der Waals surface area contributed by atoms with Crippen molar-refractivity contribution in [2.45, 2.75) is 12.8 Å². The Kier molecular flexibility index (Phi) is 4.10. The van der Waals surface area contributed by atoms with Crippen molar-refractivity contribution < 1.29 is 4.79 Å². The van der Waals surface area contributed by atoms with Gasteiger partial charge in [-0.05, 0) is 22.4 Å². The number of aromatic nitrogens is 2. The molecule has 0 aliphatic carbocycles. The average molecular weight is 265 g/mol. The van der Waals surface area contributed by atoms with Crippen LogP contribution in [0.5, 0.6) is 0 Å². The zero-order valence-electron chi connectivity index (χ0n) is 6.79. The van der Waals surface area contributed by atoms with Crippen molar-refractivity contribution in [2.75, 3.05) is 11.9 Å². The van der Waals surface area contributed by atoms with Crippen LogP contribution >= 0.6 is 27.3 Å². The molecule has 0 aliphatic rings. The molecule has 7 heteroatoms. The topological polar surface area (TPSA) is 80.9 Å². The summed E-state index contributed by atoms with van der Waals surface area (Å²) in [6, 6.07) is 0. The van der Waals surface area contributed by atoms with E-state index in [9.17, 15) is 4.79 Å². The number of nitrogens with two attached hydrogens (primary N) is 1. The molecule has 5 nitrogen and oxygen atoms in total. The van der Waals surface area contributed by atoms with E-state index >= 15 is 0 Å². The van der Waals surface area contributed by atoms with E-state index in [1.165, 1.54) is 11.3 Å². The summed E-state index contributed by atoms with van der Waals surface area (Å²) < 4.78 is 0.741. The molecular weight excluding hydrogens is 256 g/mol. The fraction of sp³-hybridized carbons (Fsp3) is 0.500. The van der Waals surface area contributed by atoms with Gasteiger partial charge in [-0.1, -0.05) is 11.3 Å². The summed E-state index contributed by atoms with van der Waals surface area (Å²) in [6.07, 6.45) is 1.11. The lowest BCUT2D eigenvalue weighted by Gasteiger charge is -1.98. The number of hydrogen-bond donors (Lipinski definition) is 2. The average Bonchev–Trinajstić information content (AvgIpc) is 2.45. The standard InChI is InChI=1S/C6H9BrN4OS/c7-5-10-11-6(13-5)9-3-1-2-4(8)12/h1-3H2,(H2,8,12)(H,9,11). The van der Waals surface area contributed by atoms with Gasteiger partial charge in [0.1, 0.15) is 0 Å². The molecular formula is C6H9BrN4OS. The van der Waals surface area contributed by atoms with Crippen molar-refractivity contribution in [3.05, 3.63) is 3.92 Å². The number of carbonyl (C=O) groups is 1. The zero-order chi connectivity index (χ0) is 9.68. The lowest BCUT2D eigenvalue weighted by Crippen LogP contribution is -2.12. The van der Waals surface area contributed by atoms with Gasteiger partial charge in [-0.3, -0.25) is 4.79 Å². The SMILES string of the molecule is NC(=O)CCCNc1nnc(Br)s1. The maximum atomic E-state index is 10.4. The molecule has 0 radical (unpaired) electrons. The van der Waals surface area contributed by atoms with E-state index < -0.39 is 0 Å². The minimum atomic E-state index is -0.278. The third kappa shape index (κ3) is 4.18. The number of amides is 1. The van der Waals surface area contributed by atoms with Gasteiger partial charge in [0.25, 0.3) is 0 Å². The molecule has 1 aromatic heterocycles. The molecule has 0 unspecified atom stereocenters. The van der Waals surface area contributed by atoms with E-state index in [1.807, 2.05) is 0 Å². The fourth-order valence-electron chi connectivity index (χ4n) is 0.735. The molecule has 0 bridgehead atoms. The first-order valence-corrected chi connectivity index (χ1v) is 5.30. The number of halogens is 1. The first-order chi connectivity index (χ1) is 6.18. The predicted molar refractivity (Wildman–Crippen MR) is 54.5 cm³/mol. The van der Waals surface area contributed by atoms with Crippen LogP contribution in [0, 0.1) is 0 Å². The summed E-state index contributed by atoms with van der Waals surface area (Å²) in [5.41, 5.74) is 4.98. The Morgan fingerprint density at radius 1 is 1.62 bits per heavy atom. The Hall–Kier alpha value is -0.690. The van der Waals surface area contributed by atoms with Crippen molar-refractivity contribution in [3.8, 4) is 0 Å². The number of carbonyl (C=O) groups excluding carboxylic acids is 1. The zero-order valence-corrected chi connectivity index (χ0v) is 9.19. The van der Waals surface area contributed by atoms with Crippen LogP contribution in [-0.2, 0) is 4.79 Å². The number of nitrogens with zero attached hydrogens (tertiary/aromatic N) is 2. The van der Waals surface area contributed by atoms with Crippen LogP contribution in [0.4, 0.5) is 5.13 Å². The van der Waals surface area contributed by atoms with Crippen LogP contribution in [0.1, 0.15) is 12.8 Å². The molecule has 0 fully saturated rings. The van der Waals surface area contributed by atoms with Gasteiger partial charge in [0.2, 0.25) is 11.0 Å². The van der Waals surface area contributed by atoms with Crippen LogP contribution in [0.25, 0.3) is 0 Å². The highest BCUT2D eigenvalue weighted by atomic mass is 79.9. The maximum Gasteiger partial charge on any atom is 0.217 e. The molecule has 72 valence electrons. The monoisotopic (exact) mass is 264 g/mol. The highest BCUT2D eigenvalue weighted by Crippen LogP contribution is 2.19. The first kappa shape index (κ1) is 10.4. The quantitative estimate of drug-likeness (QED) is 0.777. The highest BCUT2D eigenvalue weighted by Gasteiger charge is 1.99. The molecule has 0 saturated carbocycles. The third-order valence-electron chi connectivity index (χ3n) is 1.28. The van der Waals surface area contributed by atoms with Gasteiger partial charge in [0.15, 0.2) is 3.92 Å². The van der Waals surface area contributed by atoms with Gasteiger partial charge in [-0.25, -0.2) is 0 Å².